The minimum absolute atomic E-state index is 0.347. The van der Waals surface area contributed by atoms with Gasteiger partial charge in [-0.2, -0.15) is 28.0 Å². The molecule has 0 atom stereocenters. The number of ether oxygens (including phenoxy) is 3. The number of alkyl halides is 9. The fraction of sp³-hybridized carbons (Fsp3) is 0.714. The maximum absolute atomic E-state index is 13.8. The fourth-order valence-corrected chi connectivity index (χ4v) is 1.41. The lowest BCUT2D eigenvalue weighted by molar-refractivity contribution is -0.134. The topological polar surface area (TPSA) is 116 Å². The first-order valence-electron chi connectivity index (χ1n) is 11.2. The molecule has 0 bridgehead atoms. The van der Waals surface area contributed by atoms with Crippen molar-refractivity contribution in [3.05, 3.63) is 17.5 Å². The van der Waals surface area contributed by atoms with Crippen LogP contribution in [-0.2, 0) is 14.8 Å². The molecule has 0 aromatic heterocycles. The molecule has 0 spiro atoms. The van der Waals surface area contributed by atoms with Gasteiger partial charge in [-0.1, -0.05) is 0 Å². The normalized spacial score (nSPS) is 8.93. The summed E-state index contributed by atoms with van der Waals surface area (Å²) in [6.07, 6.45) is 0. The molecule has 9 nitrogen and oxygen atoms in total. The molecule has 0 saturated carbocycles. The molecule has 0 saturated heterocycles. The van der Waals surface area contributed by atoms with Crippen LogP contribution in [0, 0.1) is 17.5 Å². The Morgan fingerprint density at radius 1 is 0.400 bits per heavy atom. The van der Waals surface area contributed by atoms with E-state index in [1.807, 2.05) is 0 Å². The van der Waals surface area contributed by atoms with Gasteiger partial charge in [-0.3, -0.25) is 0 Å². The first-order chi connectivity index (χ1) is 21.6. The van der Waals surface area contributed by atoms with Crippen LogP contribution in [0.1, 0.15) is 0 Å². The Kier molecular flexibility index (Phi) is 62.0. The van der Waals surface area contributed by atoms with Crippen molar-refractivity contribution in [1.82, 2.24) is 0 Å². The predicted molar refractivity (Wildman–Crippen MR) is 124 cm³/mol. The van der Waals surface area contributed by atoms with Crippen LogP contribution in [0.25, 0.3) is 0 Å². The minimum Gasteiger partial charge on any atom is -0.485 e. The lowest BCUT2D eigenvalue weighted by atomic mass is 10.2. The van der Waals surface area contributed by atoms with Gasteiger partial charge >= 0.3 is 0 Å². The standard InChI is InChI=1S/C11H10F6O3.3C2H4F2O.C2H5FO.2CH3FO/c12-1-3-18-9-6(15)7(16)10(20-5-14)11(8(9)17)19-4-2-13;3*3-1-2-5-4;3-1-2-4;2*2-1-3/h1-5H2;3*1-2H2;4H,1-2H2;2*3H,1H2. The number of halogens is 15. The largest absolute Gasteiger partial charge is 0.485 e. The molecular formula is C21H33F15O9. The summed E-state index contributed by atoms with van der Waals surface area (Å²) in [5, 5.41) is 21.3. The molecule has 1 aromatic carbocycles. The molecule has 0 amide bonds. The van der Waals surface area contributed by atoms with Gasteiger partial charge in [0.15, 0.2) is 19.5 Å². The summed E-state index contributed by atoms with van der Waals surface area (Å²) >= 11 is 0. The van der Waals surface area contributed by atoms with Crippen molar-refractivity contribution < 1.29 is 111 Å². The quantitative estimate of drug-likeness (QED) is 0.162. The van der Waals surface area contributed by atoms with Gasteiger partial charge in [-0.15, -0.1) is 0 Å². The SMILES string of the molecule is FCCOF.FCCOF.FCCOF.FCCOc1c(F)c(F)c(OCF)c(OCCF)c1F.OCCF.OCF.OCF. The van der Waals surface area contributed by atoms with E-state index < -0.39 is 128 Å². The first kappa shape index (κ1) is 54.8. The van der Waals surface area contributed by atoms with E-state index in [-0.39, 0.29) is 6.61 Å². The second-order valence-electron chi connectivity index (χ2n) is 5.42. The smallest absolute Gasteiger partial charge is 0.228 e. The zero-order valence-electron chi connectivity index (χ0n) is 23.1. The highest BCUT2D eigenvalue weighted by Gasteiger charge is 2.29. The molecule has 276 valence electrons. The molecule has 0 aliphatic heterocycles. The number of hydrogen-bond donors (Lipinski definition) is 3. The maximum Gasteiger partial charge on any atom is 0.228 e. The molecule has 1 rings (SSSR count). The highest BCUT2D eigenvalue weighted by Crippen LogP contribution is 2.41. The summed E-state index contributed by atoms with van der Waals surface area (Å²) in [5.74, 6) is -8.68. The monoisotopic (exact) mass is 714 g/mol. The summed E-state index contributed by atoms with van der Waals surface area (Å²) < 4.78 is 183. The summed E-state index contributed by atoms with van der Waals surface area (Å²) in [6, 6.07) is 0. The predicted octanol–water partition coefficient (Wildman–Crippen LogP) is 5.44. The molecular weight excluding hydrogens is 681 g/mol. The third-order valence-electron chi connectivity index (χ3n) is 2.59. The van der Waals surface area contributed by atoms with Crippen LogP contribution in [0.4, 0.5) is 66.3 Å². The van der Waals surface area contributed by atoms with Gasteiger partial charge in [0.25, 0.3) is 0 Å². The van der Waals surface area contributed by atoms with Crippen molar-refractivity contribution in [2.24, 2.45) is 0 Å². The van der Waals surface area contributed by atoms with Crippen molar-refractivity contribution in [2.75, 3.05) is 100 Å². The molecule has 0 heterocycles. The highest BCUT2D eigenvalue weighted by molar-refractivity contribution is 5.49. The summed E-state index contributed by atoms with van der Waals surface area (Å²) in [6.45, 7) is -12.2. The number of benzene rings is 1. The Bertz CT molecular complexity index is 653. The van der Waals surface area contributed by atoms with Crippen LogP contribution in [0.3, 0.4) is 0 Å². The van der Waals surface area contributed by atoms with Crippen molar-refractivity contribution >= 4 is 0 Å². The zero-order valence-corrected chi connectivity index (χ0v) is 23.1. The molecule has 24 heteroatoms. The van der Waals surface area contributed by atoms with Crippen LogP contribution in [-0.4, -0.2) is 116 Å². The van der Waals surface area contributed by atoms with Gasteiger partial charge in [-0.25, -0.2) is 39.5 Å². The van der Waals surface area contributed by atoms with Crippen LogP contribution in [0.15, 0.2) is 0 Å². The van der Waals surface area contributed by atoms with Crippen LogP contribution in [0.2, 0.25) is 0 Å². The van der Waals surface area contributed by atoms with E-state index in [9.17, 15) is 66.3 Å². The van der Waals surface area contributed by atoms with Gasteiger partial charge in [-0.05, 0) is 13.6 Å². The van der Waals surface area contributed by atoms with Crippen LogP contribution >= 0.6 is 0 Å². The maximum atomic E-state index is 13.8. The van der Waals surface area contributed by atoms with Gasteiger partial charge in [0, 0.05) is 0 Å². The Morgan fingerprint density at radius 2 is 0.667 bits per heavy atom. The van der Waals surface area contributed by atoms with E-state index in [4.69, 9.17) is 15.3 Å². The molecule has 0 aliphatic carbocycles. The van der Waals surface area contributed by atoms with E-state index >= 15 is 0 Å². The van der Waals surface area contributed by atoms with Crippen molar-refractivity contribution in [3.8, 4) is 17.2 Å². The highest BCUT2D eigenvalue weighted by atomic mass is 19.3. The van der Waals surface area contributed by atoms with E-state index in [1.54, 1.807) is 0 Å². The van der Waals surface area contributed by atoms with Crippen LogP contribution < -0.4 is 14.2 Å². The lowest BCUT2D eigenvalue weighted by Gasteiger charge is -2.15. The van der Waals surface area contributed by atoms with Crippen molar-refractivity contribution in [3.63, 3.8) is 0 Å². The molecule has 0 radical (unpaired) electrons. The molecule has 45 heavy (non-hydrogen) atoms. The third-order valence-corrected chi connectivity index (χ3v) is 2.59. The molecule has 0 unspecified atom stereocenters. The average Bonchev–Trinajstić information content (AvgIpc) is 3.03. The average molecular weight is 714 g/mol. The van der Waals surface area contributed by atoms with Crippen LogP contribution in [0.5, 0.6) is 17.2 Å². The van der Waals surface area contributed by atoms with Crippen molar-refractivity contribution in [1.29, 1.82) is 0 Å². The van der Waals surface area contributed by atoms with Gasteiger partial charge in [0.2, 0.25) is 35.8 Å². The number of rotatable bonds is 15. The molecule has 1 aromatic rings. The first-order valence-corrected chi connectivity index (χ1v) is 11.2. The Morgan fingerprint density at radius 3 is 0.889 bits per heavy atom. The second-order valence-corrected chi connectivity index (χ2v) is 5.42. The fourth-order valence-electron chi connectivity index (χ4n) is 1.41. The minimum atomic E-state index is -1.83. The summed E-state index contributed by atoms with van der Waals surface area (Å²) in [5.41, 5.74) is 0. The van der Waals surface area contributed by atoms with Gasteiger partial charge in [0.05, 0.1) is 6.61 Å². The van der Waals surface area contributed by atoms with E-state index in [2.05, 4.69) is 29.0 Å². The lowest BCUT2D eigenvalue weighted by Crippen LogP contribution is -2.10. The third kappa shape index (κ3) is 41.3. The number of aliphatic hydroxyl groups is 3. The Labute approximate surface area is 246 Å². The van der Waals surface area contributed by atoms with E-state index in [0.717, 1.165) is 0 Å². The summed E-state index contributed by atoms with van der Waals surface area (Å²) in [7, 11) is 0. The Hall–Kier alpha value is -2.67. The zero-order chi connectivity index (χ0) is 36.3. The summed E-state index contributed by atoms with van der Waals surface area (Å²) in [4.78, 5) is 8.45. The van der Waals surface area contributed by atoms with Gasteiger partial charge in [0.1, 0.15) is 73.1 Å². The molecule has 0 fully saturated rings. The van der Waals surface area contributed by atoms with Gasteiger partial charge < -0.3 is 29.5 Å². The van der Waals surface area contributed by atoms with Crippen molar-refractivity contribution in [2.45, 2.75) is 0 Å². The second kappa shape index (κ2) is 50.9. The van der Waals surface area contributed by atoms with E-state index in [1.165, 1.54) is 0 Å². The molecule has 0 aliphatic rings. The molecule has 3 N–H and O–H groups in total. The number of hydrogen-bond acceptors (Lipinski definition) is 9. The number of aliphatic hydroxyl groups excluding tert-OH is 3. The van der Waals surface area contributed by atoms with E-state index in [0.29, 0.717) is 0 Å². The Balaban J connectivity index is -0.000000124.